The van der Waals surface area contributed by atoms with E-state index in [0.29, 0.717) is 19.3 Å². The van der Waals surface area contributed by atoms with Gasteiger partial charge >= 0.3 is 17.9 Å². The standard InChI is InChI=1S/C61H102O6/c1-4-7-10-13-16-19-22-25-28-29-30-31-34-36-39-42-45-48-51-54-60(63)66-57-58(67-61(64)55-52-49-46-43-40-37-33-27-24-21-18-15-12-9-6-3)56-65-59(62)53-50-47-44-41-38-35-32-26-23-20-17-14-11-8-5-2/h7,10,16-17,19-21,24-26,28,30-32,36,39,58H,4-6,8-9,11-15,18,22-23,27,29,33-35,37-38,40-57H2,1-3H3/b10-7-,19-16-,20-17-,24-21-,28-25-,31-30-,32-26-,39-36-/t58-/m0/s1. The average molecular weight is 931 g/mol. The third kappa shape index (κ3) is 53.2. The number of carbonyl (C=O) groups is 3. The number of ether oxygens (including phenoxy) is 3. The summed E-state index contributed by atoms with van der Waals surface area (Å²) in [5, 5.41) is 0. The molecule has 0 fully saturated rings. The lowest BCUT2D eigenvalue weighted by Gasteiger charge is -2.18. The zero-order valence-electron chi connectivity index (χ0n) is 43.6. The van der Waals surface area contributed by atoms with Gasteiger partial charge in [-0.05, 0) is 122 Å². The number of hydrogen-bond acceptors (Lipinski definition) is 6. The Balaban J connectivity index is 4.48. The van der Waals surface area contributed by atoms with E-state index in [4.69, 9.17) is 14.2 Å². The molecule has 0 aromatic heterocycles. The minimum atomic E-state index is -0.800. The SMILES string of the molecule is CC/C=C\C/C=C\C/C=C\C/C=C\C/C=C\CCCCCC(=O)OC[C@H](COC(=O)CCCCCCC/C=C\C/C=C\CCCCC)OC(=O)CCCCCCCCC/C=C\CCCCCC. The second-order valence-electron chi connectivity index (χ2n) is 18.1. The fourth-order valence-electron chi connectivity index (χ4n) is 7.37. The molecule has 0 saturated carbocycles. The molecule has 382 valence electrons. The van der Waals surface area contributed by atoms with Crippen molar-refractivity contribution in [2.45, 2.75) is 258 Å². The smallest absolute Gasteiger partial charge is 0.306 e. The predicted molar refractivity (Wildman–Crippen MR) is 288 cm³/mol. The van der Waals surface area contributed by atoms with Crippen molar-refractivity contribution < 1.29 is 28.6 Å². The highest BCUT2D eigenvalue weighted by Crippen LogP contribution is 2.14. The van der Waals surface area contributed by atoms with E-state index in [1.54, 1.807) is 0 Å². The quantitative estimate of drug-likeness (QED) is 0.0262. The van der Waals surface area contributed by atoms with Gasteiger partial charge in [-0.3, -0.25) is 14.4 Å². The number of unbranched alkanes of at least 4 members (excludes halogenated alkanes) is 22. The molecule has 0 amide bonds. The van der Waals surface area contributed by atoms with E-state index in [0.717, 1.165) is 122 Å². The Morgan fingerprint density at radius 3 is 0.970 bits per heavy atom. The summed E-state index contributed by atoms with van der Waals surface area (Å²) < 4.78 is 16.8. The van der Waals surface area contributed by atoms with Gasteiger partial charge in [-0.15, -0.1) is 0 Å². The summed E-state index contributed by atoms with van der Waals surface area (Å²) in [6.45, 7) is 6.44. The van der Waals surface area contributed by atoms with Crippen molar-refractivity contribution in [2.75, 3.05) is 13.2 Å². The first kappa shape index (κ1) is 63.3. The summed E-state index contributed by atoms with van der Waals surface area (Å²) in [5.74, 6) is -0.947. The van der Waals surface area contributed by atoms with Crippen LogP contribution in [-0.4, -0.2) is 37.2 Å². The Bertz CT molecular complexity index is 1350. The first-order valence-electron chi connectivity index (χ1n) is 27.7. The van der Waals surface area contributed by atoms with Crippen molar-refractivity contribution in [2.24, 2.45) is 0 Å². The maximum atomic E-state index is 12.8. The molecule has 6 nitrogen and oxygen atoms in total. The molecule has 0 aromatic rings. The van der Waals surface area contributed by atoms with E-state index < -0.39 is 6.10 Å². The fourth-order valence-corrected chi connectivity index (χ4v) is 7.37. The van der Waals surface area contributed by atoms with Gasteiger partial charge in [0.25, 0.3) is 0 Å². The van der Waals surface area contributed by atoms with E-state index in [9.17, 15) is 14.4 Å². The molecule has 0 heterocycles. The van der Waals surface area contributed by atoms with E-state index in [2.05, 4.69) is 118 Å². The van der Waals surface area contributed by atoms with Crippen LogP contribution in [0.5, 0.6) is 0 Å². The van der Waals surface area contributed by atoms with E-state index in [1.807, 2.05) is 0 Å². The van der Waals surface area contributed by atoms with Gasteiger partial charge in [0, 0.05) is 19.3 Å². The highest BCUT2D eigenvalue weighted by atomic mass is 16.6. The average Bonchev–Trinajstić information content (AvgIpc) is 3.33. The van der Waals surface area contributed by atoms with E-state index >= 15 is 0 Å². The number of allylic oxidation sites excluding steroid dienone is 16. The molecule has 0 spiro atoms. The summed E-state index contributed by atoms with van der Waals surface area (Å²) in [5.41, 5.74) is 0. The van der Waals surface area contributed by atoms with Gasteiger partial charge in [0.1, 0.15) is 13.2 Å². The maximum absolute atomic E-state index is 12.8. The van der Waals surface area contributed by atoms with Crippen molar-refractivity contribution in [3.8, 4) is 0 Å². The Hall–Kier alpha value is -3.67. The number of esters is 3. The zero-order valence-corrected chi connectivity index (χ0v) is 43.6. The summed E-state index contributed by atoms with van der Waals surface area (Å²) in [6, 6.07) is 0. The summed E-state index contributed by atoms with van der Waals surface area (Å²) in [6.07, 6.45) is 72.4. The molecule has 0 radical (unpaired) electrons. The Morgan fingerprint density at radius 1 is 0.313 bits per heavy atom. The van der Waals surface area contributed by atoms with Crippen LogP contribution in [0.3, 0.4) is 0 Å². The minimum Gasteiger partial charge on any atom is -0.462 e. The second kappa shape index (κ2) is 54.9. The van der Waals surface area contributed by atoms with Gasteiger partial charge in [0.15, 0.2) is 6.10 Å². The fraction of sp³-hybridized carbons (Fsp3) is 0.689. The zero-order chi connectivity index (χ0) is 48.6. The molecular formula is C61H102O6. The molecule has 0 saturated heterocycles. The molecule has 0 unspecified atom stereocenters. The third-order valence-electron chi connectivity index (χ3n) is 11.5. The van der Waals surface area contributed by atoms with Crippen molar-refractivity contribution in [3.63, 3.8) is 0 Å². The van der Waals surface area contributed by atoms with Crippen LogP contribution >= 0.6 is 0 Å². The molecule has 1 atom stereocenters. The lowest BCUT2D eigenvalue weighted by molar-refractivity contribution is -0.167. The van der Waals surface area contributed by atoms with E-state index in [-0.39, 0.29) is 31.1 Å². The Labute approximate surface area is 413 Å². The Kier molecular flexibility index (Phi) is 51.9. The van der Waals surface area contributed by atoms with Crippen LogP contribution in [0.1, 0.15) is 252 Å². The molecule has 0 bridgehead atoms. The molecule has 0 aliphatic carbocycles. The lowest BCUT2D eigenvalue weighted by Crippen LogP contribution is -2.30. The summed E-state index contributed by atoms with van der Waals surface area (Å²) in [7, 11) is 0. The third-order valence-corrected chi connectivity index (χ3v) is 11.5. The molecule has 67 heavy (non-hydrogen) atoms. The van der Waals surface area contributed by atoms with Gasteiger partial charge in [-0.1, -0.05) is 208 Å². The van der Waals surface area contributed by atoms with Crippen molar-refractivity contribution in [1.82, 2.24) is 0 Å². The van der Waals surface area contributed by atoms with E-state index in [1.165, 1.54) is 89.9 Å². The minimum absolute atomic E-state index is 0.0978. The van der Waals surface area contributed by atoms with Crippen LogP contribution in [-0.2, 0) is 28.6 Å². The van der Waals surface area contributed by atoms with Crippen LogP contribution in [0, 0.1) is 0 Å². The van der Waals surface area contributed by atoms with Gasteiger partial charge in [0.2, 0.25) is 0 Å². The molecule has 0 aromatic carbocycles. The Morgan fingerprint density at radius 2 is 0.582 bits per heavy atom. The molecule has 0 rings (SSSR count). The summed E-state index contributed by atoms with van der Waals surface area (Å²) in [4.78, 5) is 38.1. The van der Waals surface area contributed by atoms with Crippen molar-refractivity contribution in [3.05, 3.63) is 97.2 Å². The predicted octanol–water partition coefficient (Wildman–Crippen LogP) is 18.5. The second-order valence-corrected chi connectivity index (χ2v) is 18.1. The largest absolute Gasteiger partial charge is 0.462 e. The molecule has 0 aliphatic rings. The topological polar surface area (TPSA) is 78.9 Å². The first-order chi connectivity index (χ1) is 33.0. The van der Waals surface area contributed by atoms with Crippen LogP contribution < -0.4 is 0 Å². The monoisotopic (exact) mass is 931 g/mol. The van der Waals surface area contributed by atoms with Crippen LogP contribution in [0.4, 0.5) is 0 Å². The molecule has 0 N–H and O–H groups in total. The summed E-state index contributed by atoms with van der Waals surface area (Å²) >= 11 is 0. The van der Waals surface area contributed by atoms with Crippen molar-refractivity contribution in [1.29, 1.82) is 0 Å². The lowest BCUT2D eigenvalue weighted by atomic mass is 10.1. The highest BCUT2D eigenvalue weighted by Gasteiger charge is 2.19. The van der Waals surface area contributed by atoms with Gasteiger partial charge in [-0.2, -0.15) is 0 Å². The normalized spacial score (nSPS) is 12.8. The maximum Gasteiger partial charge on any atom is 0.306 e. The molecule has 0 aliphatic heterocycles. The molecule has 6 heteroatoms. The number of carbonyl (C=O) groups excluding carboxylic acids is 3. The van der Waals surface area contributed by atoms with Gasteiger partial charge in [0.05, 0.1) is 0 Å². The number of hydrogen-bond donors (Lipinski definition) is 0. The molecular weight excluding hydrogens is 829 g/mol. The van der Waals surface area contributed by atoms with Gasteiger partial charge < -0.3 is 14.2 Å². The highest BCUT2D eigenvalue weighted by molar-refractivity contribution is 5.71. The van der Waals surface area contributed by atoms with Gasteiger partial charge in [-0.25, -0.2) is 0 Å². The van der Waals surface area contributed by atoms with Crippen molar-refractivity contribution >= 4 is 17.9 Å². The van der Waals surface area contributed by atoms with Crippen LogP contribution in [0.15, 0.2) is 97.2 Å². The number of rotatable bonds is 49. The van der Waals surface area contributed by atoms with Crippen LogP contribution in [0.25, 0.3) is 0 Å². The van der Waals surface area contributed by atoms with Crippen LogP contribution in [0.2, 0.25) is 0 Å². The first-order valence-corrected chi connectivity index (χ1v) is 27.7.